The van der Waals surface area contributed by atoms with Gasteiger partial charge in [-0.05, 0) is 24.1 Å². The summed E-state index contributed by atoms with van der Waals surface area (Å²) in [5, 5.41) is 18.4. The summed E-state index contributed by atoms with van der Waals surface area (Å²) in [6.45, 7) is 7.20. The number of nitrogens with one attached hydrogen (secondary N) is 1. The average molecular weight is 294 g/mol. The first-order valence-corrected chi connectivity index (χ1v) is 7.02. The highest BCUT2D eigenvalue weighted by Crippen LogP contribution is 2.38. The lowest BCUT2D eigenvalue weighted by Gasteiger charge is -2.26. The molecule has 112 valence electrons. The third-order valence-corrected chi connectivity index (χ3v) is 3.88. The molecule has 0 amide bonds. The quantitative estimate of drug-likeness (QED) is 0.380. The van der Waals surface area contributed by atoms with Gasteiger partial charge in [0.05, 0.1) is 0 Å². The zero-order valence-corrected chi connectivity index (χ0v) is 12.3. The van der Waals surface area contributed by atoms with Gasteiger partial charge in [0.1, 0.15) is 11.6 Å². The van der Waals surface area contributed by atoms with Crippen molar-refractivity contribution < 1.29 is 5.11 Å². The van der Waals surface area contributed by atoms with E-state index in [1.165, 1.54) is 6.08 Å². The molecule has 1 aromatic rings. The van der Waals surface area contributed by atoms with Gasteiger partial charge in [-0.1, -0.05) is 31.9 Å². The third kappa shape index (κ3) is 3.09. The van der Waals surface area contributed by atoms with Gasteiger partial charge < -0.3 is 21.6 Å². The van der Waals surface area contributed by atoms with E-state index in [0.29, 0.717) is 23.0 Å². The molecule has 0 spiro atoms. The maximum Gasteiger partial charge on any atom is 0.269 e. The molecule has 0 radical (unpaired) electrons. The number of hydrogen-bond donors (Lipinski definition) is 4. The molecule has 0 atom stereocenters. The second-order valence-corrected chi connectivity index (χ2v) is 5.45. The summed E-state index contributed by atoms with van der Waals surface area (Å²) in [6.07, 6.45) is 6.50. The number of nitrogen functional groups attached to an aromatic ring is 1. The van der Waals surface area contributed by atoms with Gasteiger partial charge in [0.2, 0.25) is 0 Å². The minimum Gasteiger partial charge on any atom is -0.508 e. The molecule has 1 aliphatic rings. The van der Waals surface area contributed by atoms with Crippen LogP contribution in [0.2, 0.25) is 12.6 Å². The van der Waals surface area contributed by atoms with E-state index in [9.17, 15) is 5.11 Å². The van der Waals surface area contributed by atoms with Crippen molar-refractivity contribution in [3.05, 3.63) is 59.7 Å². The molecule has 22 heavy (non-hydrogen) atoms. The monoisotopic (exact) mass is 294 g/mol. The van der Waals surface area contributed by atoms with E-state index in [2.05, 4.69) is 24.1 Å². The Morgan fingerprint density at radius 3 is 2.77 bits per heavy atom. The second-order valence-electron chi connectivity index (χ2n) is 5.45. The number of allylic oxidation sites excluding steroid dienone is 2. The van der Waals surface area contributed by atoms with Crippen LogP contribution >= 0.6 is 0 Å². The first-order valence-electron chi connectivity index (χ1n) is 7.02. The highest BCUT2D eigenvalue weighted by molar-refractivity contribution is 6.70. The van der Waals surface area contributed by atoms with E-state index in [0.717, 1.165) is 23.9 Å². The summed E-state index contributed by atoms with van der Waals surface area (Å²) >= 11 is 0. The van der Waals surface area contributed by atoms with E-state index in [1.807, 2.05) is 6.07 Å². The van der Waals surface area contributed by atoms with E-state index >= 15 is 0 Å². The Hall–Kier alpha value is -2.81. The molecular formula is C16H19BN4O. The Labute approximate surface area is 130 Å². The van der Waals surface area contributed by atoms with Crippen LogP contribution in [0.15, 0.2) is 48.4 Å². The number of anilines is 1. The van der Waals surface area contributed by atoms with Gasteiger partial charge in [-0.2, -0.15) is 0 Å². The molecule has 1 saturated heterocycles. The van der Waals surface area contributed by atoms with Crippen LogP contribution in [0.3, 0.4) is 0 Å². The molecule has 6 heteroatoms. The zero-order chi connectivity index (χ0) is 16.3. The molecule has 0 saturated carbocycles. The number of rotatable bonds is 5. The summed E-state index contributed by atoms with van der Waals surface area (Å²) in [7, 11) is 0. The van der Waals surface area contributed by atoms with Crippen molar-refractivity contribution >= 4 is 18.6 Å². The number of nitriles is 1. The van der Waals surface area contributed by atoms with Crippen LogP contribution in [-0.2, 0) is 0 Å². The summed E-state index contributed by atoms with van der Waals surface area (Å²) in [6, 6.07) is 1.94. The van der Waals surface area contributed by atoms with Gasteiger partial charge in [-0.3, -0.25) is 0 Å². The molecule has 1 aromatic heterocycles. The number of aliphatic hydroxyl groups is 1. The number of H-pyrrole nitrogens is 1. The molecule has 0 aromatic carbocycles. The summed E-state index contributed by atoms with van der Waals surface area (Å²) in [5.41, 5.74) is 14.5. The highest BCUT2D eigenvalue weighted by atomic mass is 16.3. The van der Waals surface area contributed by atoms with Gasteiger partial charge >= 0.3 is 0 Å². The van der Waals surface area contributed by atoms with Crippen molar-refractivity contribution in [2.45, 2.75) is 18.6 Å². The molecule has 5 nitrogen and oxygen atoms in total. The predicted molar refractivity (Wildman–Crippen MR) is 91.1 cm³/mol. The fourth-order valence-electron chi connectivity index (χ4n) is 2.55. The lowest BCUT2D eigenvalue weighted by atomic mass is 9.32. The molecule has 6 N–H and O–H groups in total. The molecule has 1 fully saturated rings. The van der Waals surface area contributed by atoms with Crippen LogP contribution in [0, 0.1) is 11.2 Å². The van der Waals surface area contributed by atoms with Crippen molar-refractivity contribution in [2.75, 3.05) is 5.73 Å². The van der Waals surface area contributed by atoms with Crippen LogP contribution in [0.25, 0.3) is 6.08 Å². The average Bonchev–Trinajstić information content (AvgIpc) is 2.75. The highest BCUT2D eigenvalue weighted by Gasteiger charge is 2.35. The van der Waals surface area contributed by atoms with Crippen molar-refractivity contribution in [3.63, 3.8) is 0 Å². The number of nitrogens with zero attached hydrogens (tertiary/aromatic N) is 1. The summed E-state index contributed by atoms with van der Waals surface area (Å²) < 4.78 is 0. The molecule has 0 bridgehead atoms. The largest absolute Gasteiger partial charge is 0.508 e. The molecule has 0 unspecified atom stereocenters. The first-order chi connectivity index (χ1) is 10.5. The Morgan fingerprint density at radius 2 is 2.23 bits per heavy atom. The topological polar surface area (TPSA) is 112 Å². The van der Waals surface area contributed by atoms with Gasteiger partial charge in [-0.25, -0.2) is 5.26 Å². The van der Waals surface area contributed by atoms with Gasteiger partial charge in [0.15, 0.2) is 0 Å². The van der Waals surface area contributed by atoms with Gasteiger partial charge in [0, 0.05) is 28.5 Å². The minimum atomic E-state index is -0.126. The maximum absolute atomic E-state index is 9.56. The van der Waals surface area contributed by atoms with Crippen LogP contribution < -0.4 is 11.5 Å². The molecular weight excluding hydrogens is 275 g/mol. The standard InChI is InChI=1S/C16H19BN4O/c1-3-4-13(10(2)22)14(19)5-11-6-15(21-16(11)20)12-7-17(8-12)9-18/h3-6,12,21-22H,1-2,7-8,19-20H2/b13-4+,14-5-. The Balaban J connectivity index is 2.23. The molecule has 2 rings (SSSR count). The predicted octanol–water partition coefficient (Wildman–Crippen LogP) is 2.74. The lowest BCUT2D eigenvalue weighted by molar-refractivity contribution is 0.428. The summed E-state index contributed by atoms with van der Waals surface area (Å²) in [5.74, 6) is 2.99. The van der Waals surface area contributed by atoms with E-state index < -0.39 is 0 Å². The zero-order valence-electron chi connectivity index (χ0n) is 12.3. The van der Waals surface area contributed by atoms with Crippen molar-refractivity contribution in [3.8, 4) is 5.97 Å². The number of aromatic amines is 1. The van der Waals surface area contributed by atoms with Crippen molar-refractivity contribution in [1.82, 2.24) is 4.98 Å². The van der Waals surface area contributed by atoms with Gasteiger partial charge in [-0.15, -0.1) is 0 Å². The van der Waals surface area contributed by atoms with Crippen molar-refractivity contribution in [2.24, 2.45) is 5.73 Å². The van der Waals surface area contributed by atoms with Crippen LogP contribution in [0.5, 0.6) is 0 Å². The van der Waals surface area contributed by atoms with E-state index in [4.69, 9.17) is 16.7 Å². The van der Waals surface area contributed by atoms with Gasteiger partial charge in [0.25, 0.3) is 6.71 Å². The first kappa shape index (κ1) is 15.6. The van der Waals surface area contributed by atoms with E-state index in [1.54, 1.807) is 12.2 Å². The minimum absolute atomic E-state index is 0.126. The lowest BCUT2D eigenvalue weighted by Crippen LogP contribution is -2.28. The molecule has 2 heterocycles. The number of hydrogen-bond acceptors (Lipinski definition) is 4. The fourth-order valence-corrected chi connectivity index (χ4v) is 2.55. The normalized spacial score (nSPS) is 16.0. The van der Waals surface area contributed by atoms with Crippen LogP contribution in [-0.4, -0.2) is 16.8 Å². The number of aromatic nitrogens is 1. The fraction of sp³-hybridized carbons (Fsp3) is 0.188. The smallest absolute Gasteiger partial charge is 0.269 e. The van der Waals surface area contributed by atoms with Crippen molar-refractivity contribution in [1.29, 1.82) is 5.26 Å². The van der Waals surface area contributed by atoms with Crippen LogP contribution in [0.4, 0.5) is 5.82 Å². The Bertz CT molecular complexity index is 702. The van der Waals surface area contributed by atoms with E-state index in [-0.39, 0.29) is 12.5 Å². The Morgan fingerprint density at radius 1 is 1.55 bits per heavy atom. The Kier molecular flexibility index (Phi) is 4.47. The number of nitrogens with two attached hydrogens (primary N) is 2. The third-order valence-electron chi connectivity index (χ3n) is 3.88. The maximum atomic E-state index is 9.56. The van der Waals surface area contributed by atoms with Crippen LogP contribution in [0.1, 0.15) is 17.2 Å². The molecule has 0 aliphatic carbocycles. The summed E-state index contributed by atoms with van der Waals surface area (Å²) in [4.78, 5) is 3.14. The second kappa shape index (κ2) is 6.31. The number of aliphatic hydroxyl groups excluding tert-OH is 1. The molecule has 1 aliphatic heterocycles. The SMILES string of the molecule is C=C/C=C(C(=C)O)/C(N)=C/c1cc(C2CB(C#N)C2)[nH]c1N.